The van der Waals surface area contributed by atoms with Gasteiger partial charge in [-0.1, -0.05) is 24.3 Å². The van der Waals surface area contributed by atoms with Crippen LogP contribution in [0.2, 0.25) is 0 Å². The van der Waals surface area contributed by atoms with Crippen LogP contribution in [0.25, 0.3) is 32.3 Å². The molecule has 1 radical (unpaired) electrons. The molecule has 0 aliphatic carbocycles. The van der Waals surface area contributed by atoms with Gasteiger partial charge in [-0.05, 0) is 70.1 Å². The van der Waals surface area contributed by atoms with E-state index in [0.717, 1.165) is 43.4 Å². The van der Waals surface area contributed by atoms with Gasteiger partial charge in [0, 0.05) is 67.3 Å². The number of anilines is 5. The van der Waals surface area contributed by atoms with Crippen LogP contribution in [0, 0.1) is 0 Å². The number of amidine groups is 2. The standard InChI is InChI=1S/C32H22N12.Co/c33-13-4-7-16-20(10-13)29-38-25(16)37-26-18-9-6-15(35)12-22(18)31(41-26)44-32-24-19(2-1-3-23(24)36)28(43-32)42-30-21-11-14(34)5-8-17(21)27(39-29)40-30;/h1-12H,33-36H2,(H2-2,37,38,39,40,41,42,43,44);/q-2;+2. The normalized spacial score (nSPS) is 16.1. The smallest absolute Gasteiger partial charge is 0.399 e. The van der Waals surface area contributed by atoms with E-state index in [2.05, 4.69) is 10.3 Å². The Hall–Kier alpha value is -6.05. The molecule has 45 heavy (non-hydrogen) atoms. The fourth-order valence-electron chi connectivity index (χ4n) is 5.92. The van der Waals surface area contributed by atoms with E-state index in [4.69, 9.17) is 52.9 Å². The number of hydrogen-bond acceptors (Lipinski definition) is 9. The minimum absolute atomic E-state index is 0. The van der Waals surface area contributed by atoms with Gasteiger partial charge in [0.2, 0.25) is 0 Å². The maximum atomic E-state index is 6.50. The van der Waals surface area contributed by atoms with Crippen molar-refractivity contribution >= 4 is 90.0 Å². The maximum Gasteiger partial charge on any atom is 2.00 e. The van der Waals surface area contributed by atoms with Crippen molar-refractivity contribution < 1.29 is 16.8 Å². The molecule has 0 unspecified atom stereocenters. The summed E-state index contributed by atoms with van der Waals surface area (Å²) in [5, 5.41) is 8.05. The van der Waals surface area contributed by atoms with E-state index >= 15 is 0 Å². The first-order valence-corrected chi connectivity index (χ1v) is 13.8. The van der Waals surface area contributed by atoms with Crippen molar-refractivity contribution in [2.45, 2.75) is 0 Å². The summed E-state index contributed by atoms with van der Waals surface area (Å²) in [5.74, 6) is 3.08. The number of nitrogens with zero attached hydrogens (tertiary/aromatic N) is 6. The van der Waals surface area contributed by atoms with Crippen LogP contribution >= 0.6 is 0 Å². The Morgan fingerprint density at radius 2 is 1.31 bits per heavy atom. The summed E-state index contributed by atoms with van der Waals surface area (Å²) in [7, 11) is 0. The van der Waals surface area contributed by atoms with Crippen molar-refractivity contribution in [3.63, 3.8) is 0 Å². The minimum atomic E-state index is 0. The molecule has 0 fully saturated rings. The van der Waals surface area contributed by atoms with Crippen molar-refractivity contribution in [1.29, 1.82) is 0 Å². The Balaban J connectivity index is 0.00000300. The molecule has 0 amide bonds. The molecular formula is C32H22CoN12. The van der Waals surface area contributed by atoms with Gasteiger partial charge in [0.25, 0.3) is 0 Å². The van der Waals surface area contributed by atoms with E-state index in [1.807, 2.05) is 72.8 Å². The van der Waals surface area contributed by atoms with E-state index in [1.54, 1.807) is 0 Å². The second-order valence-electron chi connectivity index (χ2n) is 10.8. The zero-order chi connectivity index (χ0) is 29.7. The first kappa shape index (κ1) is 26.6. The quantitative estimate of drug-likeness (QED) is 0.136. The predicted octanol–water partition coefficient (Wildman–Crippen LogP) is 3.88. The number of rotatable bonds is 0. The number of nitrogens with one attached hydrogen (secondary N) is 2. The van der Waals surface area contributed by atoms with E-state index in [9.17, 15) is 0 Å². The second kappa shape index (κ2) is 9.47. The van der Waals surface area contributed by atoms with Gasteiger partial charge >= 0.3 is 16.8 Å². The minimum Gasteiger partial charge on any atom is -0.399 e. The van der Waals surface area contributed by atoms with Crippen LogP contribution in [-0.4, -0.2) is 16.7 Å². The van der Waals surface area contributed by atoms with Crippen LogP contribution in [0.3, 0.4) is 0 Å². The molecule has 9 rings (SSSR count). The fourth-order valence-corrected chi connectivity index (χ4v) is 5.92. The van der Waals surface area contributed by atoms with Crippen LogP contribution in [0.4, 0.5) is 46.0 Å². The van der Waals surface area contributed by atoms with Gasteiger partial charge in [0.15, 0.2) is 5.84 Å². The molecule has 0 spiro atoms. The summed E-state index contributed by atoms with van der Waals surface area (Å²) >= 11 is 0. The molecule has 13 heteroatoms. The third kappa shape index (κ3) is 3.98. The van der Waals surface area contributed by atoms with Gasteiger partial charge in [-0.2, -0.15) is 0 Å². The third-order valence-electron chi connectivity index (χ3n) is 7.96. The van der Waals surface area contributed by atoms with Crippen molar-refractivity contribution in [3.8, 4) is 0 Å². The fraction of sp³-hybridized carbons (Fsp3) is 0. The summed E-state index contributed by atoms with van der Waals surface area (Å²) in [5.41, 5.74) is 29.9. The summed E-state index contributed by atoms with van der Waals surface area (Å²) in [4.78, 5) is 32.9. The molecule has 0 saturated heterocycles. The second-order valence-corrected chi connectivity index (χ2v) is 10.8. The largest absolute Gasteiger partial charge is 2.00 e. The van der Waals surface area contributed by atoms with Gasteiger partial charge in [-0.15, -0.1) is 0 Å². The van der Waals surface area contributed by atoms with E-state index in [-0.39, 0.29) is 16.8 Å². The summed E-state index contributed by atoms with van der Waals surface area (Å²) < 4.78 is 0. The van der Waals surface area contributed by atoms with Gasteiger partial charge in [-0.3, -0.25) is 0 Å². The van der Waals surface area contributed by atoms with Crippen molar-refractivity contribution in [2.75, 3.05) is 28.3 Å². The molecule has 3 aromatic heterocycles. The number of nitrogen functional groups attached to an aromatic ring is 4. The maximum absolute atomic E-state index is 6.50. The van der Waals surface area contributed by atoms with Crippen LogP contribution in [0.5, 0.6) is 0 Å². The van der Waals surface area contributed by atoms with Gasteiger partial charge in [0.05, 0.1) is 11.7 Å². The average molecular weight is 634 g/mol. The van der Waals surface area contributed by atoms with Crippen LogP contribution < -0.4 is 49.2 Å². The van der Waals surface area contributed by atoms with Gasteiger partial charge in [0.1, 0.15) is 5.82 Å². The monoisotopic (exact) mass is 633 g/mol. The average Bonchev–Trinajstić information content (AvgIpc) is 3.72. The molecule has 7 aromatic rings. The molecule has 0 saturated carbocycles. The van der Waals surface area contributed by atoms with Crippen LogP contribution in [0.1, 0.15) is 11.1 Å². The number of aliphatic imine (C=N–C) groups is 2. The van der Waals surface area contributed by atoms with Crippen LogP contribution in [0.15, 0.2) is 92.8 Å². The molecule has 0 atom stereocenters. The number of H-pyrrole nitrogens is 1. The van der Waals surface area contributed by atoms with E-state index < -0.39 is 0 Å². The Morgan fingerprint density at radius 1 is 0.578 bits per heavy atom. The molecule has 2 aliphatic rings. The zero-order valence-corrected chi connectivity index (χ0v) is 24.3. The zero-order valence-electron chi connectivity index (χ0n) is 23.3. The van der Waals surface area contributed by atoms with E-state index in [1.165, 1.54) is 0 Å². The molecule has 12 nitrogen and oxygen atoms in total. The van der Waals surface area contributed by atoms with Crippen LogP contribution in [-0.2, 0) is 16.8 Å². The molecule has 8 bridgehead atoms. The molecule has 10 N–H and O–H groups in total. The van der Waals surface area contributed by atoms with Crippen molar-refractivity contribution in [3.05, 3.63) is 94.9 Å². The number of benzene rings is 4. The third-order valence-corrected chi connectivity index (χ3v) is 7.96. The number of hydrogen-bond donors (Lipinski definition) is 6. The molecule has 5 heterocycles. The summed E-state index contributed by atoms with van der Waals surface area (Å²) in [6.07, 6.45) is 0. The molecule has 219 valence electrons. The summed E-state index contributed by atoms with van der Waals surface area (Å²) in [6.45, 7) is 0. The number of nitrogens with two attached hydrogens (primary N) is 4. The number of aromatic amines is 1. The Morgan fingerprint density at radius 3 is 2.16 bits per heavy atom. The molecular weight excluding hydrogens is 611 g/mol. The Labute approximate surface area is 264 Å². The predicted molar refractivity (Wildman–Crippen MR) is 175 cm³/mol. The van der Waals surface area contributed by atoms with Gasteiger partial charge in [-0.25, -0.2) is 9.98 Å². The molecule has 2 aliphatic heterocycles. The topological polar surface area (TPSA) is 210 Å². The van der Waals surface area contributed by atoms with Gasteiger partial charge < -0.3 is 53.2 Å². The number of fused-ring (bicyclic) bond motifs is 19. The Kier molecular flexibility index (Phi) is 5.59. The first-order chi connectivity index (χ1) is 21.4. The summed E-state index contributed by atoms with van der Waals surface area (Å²) in [6, 6.07) is 22.4. The van der Waals surface area contributed by atoms with Crippen molar-refractivity contribution in [2.24, 2.45) is 20.0 Å². The van der Waals surface area contributed by atoms with E-state index in [0.29, 0.717) is 68.7 Å². The molecule has 4 aromatic carbocycles. The van der Waals surface area contributed by atoms with Crippen molar-refractivity contribution in [1.82, 2.24) is 15.0 Å². The Bertz CT molecular complexity index is 2580. The SMILES string of the molecule is Nc1ccc2c(c1)/C1=N/c3[nH]c(c4cccc(N)c34)/N=c3\[n-]/c(c4ccc(N)cc34)=N\c3[n-]c(c4ccc(N)cc34)NC2=N1.[Co+2]. The number of aromatic nitrogens is 3. The first-order valence-electron chi connectivity index (χ1n) is 13.8.